The van der Waals surface area contributed by atoms with Gasteiger partial charge < -0.3 is 0 Å². The topological polar surface area (TPSA) is 179 Å². The van der Waals surface area contributed by atoms with Gasteiger partial charge in [0.1, 0.15) is 0 Å². The number of benzene rings is 2. The second kappa shape index (κ2) is 11.6. The molecular formula is C16H18N4O8S4. The number of hydrogen-bond donors (Lipinski definition) is 2. The van der Waals surface area contributed by atoms with E-state index in [1.54, 1.807) is 0 Å². The van der Waals surface area contributed by atoms with Crippen molar-refractivity contribution in [1.29, 1.82) is 0 Å². The van der Waals surface area contributed by atoms with Gasteiger partial charge in [0.05, 0.1) is 19.6 Å². The Morgan fingerprint density at radius 3 is 1.25 bits per heavy atom. The molecule has 2 N–H and O–H groups in total. The second-order valence-electron chi connectivity index (χ2n) is 5.94. The van der Waals surface area contributed by atoms with Gasteiger partial charge >= 0.3 is 0 Å². The molecule has 0 fully saturated rings. The predicted octanol–water partition coefficient (Wildman–Crippen LogP) is 2.14. The largest absolute Gasteiger partial charge is 0.269 e. The minimum Gasteiger partial charge on any atom is -0.258 e. The van der Waals surface area contributed by atoms with E-state index in [1.807, 2.05) is 0 Å². The van der Waals surface area contributed by atoms with E-state index in [0.29, 0.717) is 11.5 Å². The average molecular weight is 523 g/mol. The maximum Gasteiger partial charge on any atom is 0.269 e. The summed E-state index contributed by atoms with van der Waals surface area (Å²) in [5.74, 6) is 0.817. The molecule has 16 heteroatoms. The van der Waals surface area contributed by atoms with E-state index in [1.165, 1.54) is 21.6 Å². The van der Waals surface area contributed by atoms with E-state index >= 15 is 0 Å². The standard InChI is InChI=1S/C16H18N4O8S4/c21-19(22)13-1-5-15(6-2-13)31(25,26)17-9-11-29-30-12-10-18-32(27,28)16-7-3-14(4-8-16)20(23)24/h1-8,17-18H,9-12H2. The highest BCUT2D eigenvalue weighted by molar-refractivity contribution is 8.76. The van der Waals surface area contributed by atoms with Crippen molar-refractivity contribution in [2.75, 3.05) is 24.6 Å². The summed E-state index contributed by atoms with van der Waals surface area (Å²) in [4.78, 5) is 19.8. The fourth-order valence-electron chi connectivity index (χ4n) is 2.21. The molecule has 0 atom stereocenters. The molecule has 0 bridgehead atoms. The zero-order valence-corrected chi connectivity index (χ0v) is 19.5. The van der Waals surface area contributed by atoms with Crippen molar-refractivity contribution in [3.63, 3.8) is 0 Å². The van der Waals surface area contributed by atoms with Gasteiger partial charge in [-0.1, -0.05) is 21.6 Å². The molecule has 0 aromatic heterocycles. The van der Waals surface area contributed by atoms with Crippen LogP contribution >= 0.6 is 21.6 Å². The van der Waals surface area contributed by atoms with Gasteiger partial charge in [-0.15, -0.1) is 0 Å². The van der Waals surface area contributed by atoms with Gasteiger partial charge in [-0.05, 0) is 24.3 Å². The molecule has 0 radical (unpaired) electrons. The van der Waals surface area contributed by atoms with Gasteiger partial charge in [-0.3, -0.25) is 20.2 Å². The average Bonchev–Trinajstić information content (AvgIpc) is 2.75. The van der Waals surface area contributed by atoms with Crippen molar-refractivity contribution < 1.29 is 26.7 Å². The van der Waals surface area contributed by atoms with E-state index in [-0.39, 0.29) is 34.3 Å². The molecule has 32 heavy (non-hydrogen) atoms. The minimum absolute atomic E-state index is 0.0820. The number of nitro benzene ring substituents is 2. The fraction of sp³-hybridized carbons (Fsp3) is 0.250. The van der Waals surface area contributed by atoms with E-state index < -0.39 is 29.9 Å². The van der Waals surface area contributed by atoms with Crippen LogP contribution in [0.2, 0.25) is 0 Å². The van der Waals surface area contributed by atoms with Crippen molar-refractivity contribution in [3.05, 3.63) is 68.8 Å². The first kappa shape index (κ1) is 26.0. The third kappa shape index (κ3) is 7.72. The summed E-state index contributed by atoms with van der Waals surface area (Å²) in [5.41, 5.74) is -0.416. The number of rotatable bonds is 13. The zero-order valence-electron chi connectivity index (χ0n) is 16.2. The Balaban J connectivity index is 1.67. The van der Waals surface area contributed by atoms with Gasteiger partial charge in [-0.2, -0.15) is 0 Å². The summed E-state index contributed by atoms with van der Waals surface area (Å²) in [6.45, 7) is 0.233. The van der Waals surface area contributed by atoms with Crippen LogP contribution in [0.3, 0.4) is 0 Å². The highest BCUT2D eigenvalue weighted by Crippen LogP contribution is 2.21. The Labute approximate surface area is 192 Å². The summed E-state index contributed by atoms with van der Waals surface area (Å²) < 4.78 is 53.3. The van der Waals surface area contributed by atoms with Gasteiger partial charge in [-0.25, -0.2) is 26.3 Å². The Kier molecular flexibility index (Phi) is 9.41. The Hall–Kier alpha value is -2.24. The van der Waals surface area contributed by atoms with Crippen LogP contribution in [0.15, 0.2) is 58.3 Å². The molecule has 0 unspecified atom stereocenters. The Morgan fingerprint density at radius 2 is 0.969 bits per heavy atom. The van der Waals surface area contributed by atoms with Crippen molar-refractivity contribution >= 4 is 53.0 Å². The van der Waals surface area contributed by atoms with Crippen molar-refractivity contribution in [3.8, 4) is 0 Å². The van der Waals surface area contributed by atoms with Crippen LogP contribution < -0.4 is 9.44 Å². The molecule has 0 heterocycles. The number of nitrogens with zero attached hydrogens (tertiary/aromatic N) is 2. The molecule has 12 nitrogen and oxygen atoms in total. The summed E-state index contributed by atoms with van der Waals surface area (Å²) in [5, 5.41) is 21.2. The quantitative estimate of drug-likeness (QED) is 0.171. The first-order valence-electron chi connectivity index (χ1n) is 8.75. The van der Waals surface area contributed by atoms with E-state index in [2.05, 4.69) is 9.44 Å². The third-order valence-corrected chi connectivity index (χ3v) is 9.12. The van der Waals surface area contributed by atoms with Crippen molar-refractivity contribution in [2.45, 2.75) is 9.79 Å². The fourth-order valence-corrected chi connectivity index (χ4v) is 6.35. The lowest BCUT2D eigenvalue weighted by Crippen LogP contribution is -2.26. The molecule has 0 aliphatic carbocycles. The molecule has 2 rings (SSSR count). The molecular weight excluding hydrogens is 504 g/mol. The SMILES string of the molecule is O=[N+]([O-])c1ccc(S(=O)(=O)NCCSSCCNS(=O)(=O)c2ccc([N+](=O)[O-])cc2)cc1. The van der Waals surface area contributed by atoms with Crippen molar-refractivity contribution in [1.82, 2.24) is 9.44 Å². The van der Waals surface area contributed by atoms with Gasteiger partial charge in [0.25, 0.3) is 11.4 Å². The van der Waals surface area contributed by atoms with Crippen LogP contribution in [-0.4, -0.2) is 51.3 Å². The summed E-state index contributed by atoms with van der Waals surface area (Å²) >= 11 is 0. The summed E-state index contributed by atoms with van der Waals surface area (Å²) in [6.07, 6.45) is 0. The molecule has 0 amide bonds. The van der Waals surface area contributed by atoms with Crippen LogP contribution in [0.1, 0.15) is 0 Å². The lowest BCUT2D eigenvalue weighted by atomic mass is 10.3. The van der Waals surface area contributed by atoms with E-state index in [4.69, 9.17) is 0 Å². The third-order valence-electron chi connectivity index (χ3n) is 3.75. The lowest BCUT2D eigenvalue weighted by molar-refractivity contribution is -0.385. The van der Waals surface area contributed by atoms with Crippen LogP contribution in [0.5, 0.6) is 0 Å². The maximum absolute atomic E-state index is 12.1. The molecule has 0 aliphatic rings. The normalized spacial score (nSPS) is 11.9. The van der Waals surface area contributed by atoms with Crippen LogP contribution in [0.4, 0.5) is 11.4 Å². The molecule has 2 aromatic carbocycles. The highest BCUT2D eigenvalue weighted by Gasteiger charge is 2.16. The molecule has 0 saturated heterocycles. The van der Waals surface area contributed by atoms with Gasteiger partial charge in [0.2, 0.25) is 20.0 Å². The summed E-state index contributed by atoms with van der Waals surface area (Å²) in [6, 6.07) is 9.04. The molecule has 2 aromatic rings. The first-order valence-corrected chi connectivity index (χ1v) is 14.2. The van der Waals surface area contributed by atoms with Crippen molar-refractivity contribution in [2.24, 2.45) is 0 Å². The number of nitrogens with one attached hydrogen (secondary N) is 2. The van der Waals surface area contributed by atoms with Gasteiger partial charge in [0.15, 0.2) is 0 Å². The van der Waals surface area contributed by atoms with Crippen LogP contribution in [0.25, 0.3) is 0 Å². The molecule has 174 valence electrons. The number of hydrogen-bond acceptors (Lipinski definition) is 10. The first-order chi connectivity index (χ1) is 15.0. The monoisotopic (exact) mass is 522 g/mol. The predicted molar refractivity (Wildman–Crippen MR) is 121 cm³/mol. The number of non-ortho nitro benzene ring substituents is 2. The zero-order chi connectivity index (χ0) is 23.8. The molecule has 0 saturated carbocycles. The lowest BCUT2D eigenvalue weighted by Gasteiger charge is -2.07. The van der Waals surface area contributed by atoms with Gasteiger partial charge in [0, 0.05) is 48.9 Å². The van der Waals surface area contributed by atoms with E-state index in [9.17, 15) is 37.1 Å². The van der Waals surface area contributed by atoms with Crippen LogP contribution in [0, 0.1) is 20.2 Å². The molecule has 0 aliphatic heterocycles. The smallest absolute Gasteiger partial charge is 0.258 e. The number of nitro groups is 2. The number of sulfonamides is 2. The Bertz CT molecular complexity index is 1060. The highest BCUT2D eigenvalue weighted by atomic mass is 33.1. The van der Waals surface area contributed by atoms with E-state index in [0.717, 1.165) is 48.5 Å². The van der Waals surface area contributed by atoms with Crippen LogP contribution in [-0.2, 0) is 20.0 Å². The minimum atomic E-state index is -3.79. The Morgan fingerprint density at radius 1 is 0.656 bits per heavy atom. The second-order valence-corrected chi connectivity index (χ2v) is 12.2. The maximum atomic E-state index is 12.1. The molecule has 0 spiro atoms. The summed E-state index contributed by atoms with van der Waals surface area (Å²) in [7, 11) is -4.90.